The highest BCUT2D eigenvalue weighted by molar-refractivity contribution is 5.30. The third kappa shape index (κ3) is 3.64. The van der Waals surface area contributed by atoms with E-state index in [4.69, 9.17) is 9.84 Å². The number of benzene rings is 1. The van der Waals surface area contributed by atoms with Gasteiger partial charge in [-0.25, -0.2) is 8.78 Å². The Kier molecular flexibility index (Phi) is 4.06. The first-order valence-corrected chi connectivity index (χ1v) is 6.41. The quantitative estimate of drug-likeness (QED) is 0.888. The molecule has 1 saturated heterocycles. The molecule has 0 aromatic heterocycles. The van der Waals surface area contributed by atoms with Crippen LogP contribution in [0.25, 0.3) is 0 Å². The minimum Gasteiger partial charge on any atom is -0.503 e. The Morgan fingerprint density at radius 3 is 2.58 bits per heavy atom. The van der Waals surface area contributed by atoms with E-state index in [0.29, 0.717) is 18.7 Å². The average molecular weight is 271 g/mol. The van der Waals surface area contributed by atoms with Crippen LogP contribution >= 0.6 is 0 Å². The molecule has 3 nitrogen and oxygen atoms in total. The maximum atomic E-state index is 13.2. The van der Waals surface area contributed by atoms with Crippen molar-refractivity contribution in [2.75, 3.05) is 6.61 Å². The van der Waals surface area contributed by atoms with Gasteiger partial charge in [0.1, 0.15) is 0 Å². The molecule has 0 bridgehead atoms. The second-order valence-corrected chi connectivity index (χ2v) is 5.59. The molecule has 1 atom stereocenters. The fourth-order valence-corrected chi connectivity index (χ4v) is 2.39. The molecule has 0 spiro atoms. The van der Waals surface area contributed by atoms with Gasteiger partial charge in [0.25, 0.3) is 0 Å². The summed E-state index contributed by atoms with van der Waals surface area (Å²) in [5.74, 6) is -2.77. The summed E-state index contributed by atoms with van der Waals surface area (Å²) in [6, 6.07) is 2.56. The molecular weight excluding hydrogens is 252 g/mol. The Morgan fingerprint density at radius 1 is 1.37 bits per heavy atom. The predicted octanol–water partition coefficient (Wildman–Crippen LogP) is 2.72. The van der Waals surface area contributed by atoms with E-state index in [1.165, 1.54) is 0 Å². The third-order valence-electron chi connectivity index (χ3n) is 3.37. The Hall–Kier alpha value is -1.20. The molecule has 5 heteroatoms. The minimum atomic E-state index is -0.927. The van der Waals surface area contributed by atoms with Gasteiger partial charge in [-0.05, 0) is 44.4 Å². The molecule has 1 aromatic rings. The lowest BCUT2D eigenvalue weighted by Gasteiger charge is -2.36. The van der Waals surface area contributed by atoms with Gasteiger partial charge in [-0.3, -0.25) is 0 Å². The van der Waals surface area contributed by atoms with E-state index in [1.807, 2.05) is 13.8 Å². The SMILES string of the molecule is CC1(C)CC(NCc2cc(F)c(O)c(F)c2)CCO1. The average Bonchev–Trinajstić information content (AvgIpc) is 2.32. The minimum absolute atomic E-state index is 0.165. The summed E-state index contributed by atoms with van der Waals surface area (Å²) in [7, 11) is 0. The zero-order chi connectivity index (χ0) is 14.0. The molecule has 0 saturated carbocycles. The van der Waals surface area contributed by atoms with Crippen LogP contribution in [0.1, 0.15) is 32.3 Å². The van der Waals surface area contributed by atoms with Gasteiger partial charge in [-0.2, -0.15) is 0 Å². The second-order valence-electron chi connectivity index (χ2n) is 5.59. The molecule has 2 rings (SSSR count). The van der Waals surface area contributed by atoms with Gasteiger partial charge in [-0.15, -0.1) is 0 Å². The summed E-state index contributed by atoms with van der Waals surface area (Å²) in [5, 5.41) is 12.3. The van der Waals surface area contributed by atoms with Crippen molar-refractivity contribution in [3.63, 3.8) is 0 Å². The summed E-state index contributed by atoms with van der Waals surface area (Å²) in [6.07, 6.45) is 1.74. The molecule has 1 unspecified atom stereocenters. The maximum absolute atomic E-state index is 13.2. The molecule has 1 aliphatic heterocycles. The van der Waals surface area contributed by atoms with E-state index < -0.39 is 17.4 Å². The van der Waals surface area contributed by atoms with E-state index in [0.717, 1.165) is 25.0 Å². The summed E-state index contributed by atoms with van der Waals surface area (Å²) >= 11 is 0. The third-order valence-corrected chi connectivity index (χ3v) is 3.37. The van der Waals surface area contributed by atoms with Crippen LogP contribution in [0.3, 0.4) is 0 Å². The lowest BCUT2D eigenvalue weighted by atomic mass is 9.94. The van der Waals surface area contributed by atoms with Crippen LogP contribution in [0.5, 0.6) is 5.75 Å². The summed E-state index contributed by atoms with van der Waals surface area (Å²) in [5.41, 5.74) is 0.318. The molecule has 1 heterocycles. The second kappa shape index (κ2) is 5.43. The number of hydrogen-bond acceptors (Lipinski definition) is 3. The number of aromatic hydroxyl groups is 1. The number of hydrogen-bond donors (Lipinski definition) is 2. The van der Waals surface area contributed by atoms with Gasteiger partial charge in [0, 0.05) is 19.2 Å². The fraction of sp³-hybridized carbons (Fsp3) is 0.571. The topological polar surface area (TPSA) is 41.5 Å². The highest BCUT2D eigenvalue weighted by Crippen LogP contribution is 2.25. The molecular formula is C14H19F2NO2. The maximum Gasteiger partial charge on any atom is 0.187 e. The van der Waals surface area contributed by atoms with Crippen LogP contribution in [-0.2, 0) is 11.3 Å². The molecule has 1 aliphatic rings. The van der Waals surface area contributed by atoms with Crippen molar-refractivity contribution < 1.29 is 18.6 Å². The molecule has 2 N–H and O–H groups in total. The standard InChI is InChI=1S/C14H19F2NO2/c1-14(2)7-10(3-4-19-14)17-8-9-5-11(15)13(18)12(16)6-9/h5-6,10,17-18H,3-4,7-8H2,1-2H3. The molecule has 0 radical (unpaired) electrons. The van der Waals surface area contributed by atoms with Crippen molar-refractivity contribution in [2.45, 2.75) is 44.9 Å². The van der Waals surface area contributed by atoms with Crippen molar-refractivity contribution in [3.8, 4) is 5.75 Å². The van der Waals surface area contributed by atoms with E-state index in [2.05, 4.69) is 5.32 Å². The first-order chi connectivity index (χ1) is 8.87. The number of phenolic OH excluding ortho intramolecular Hbond substituents is 1. The van der Waals surface area contributed by atoms with Crippen LogP contribution in [0.4, 0.5) is 8.78 Å². The van der Waals surface area contributed by atoms with Crippen molar-refractivity contribution in [1.29, 1.82) is 0 Å². The first kappa shape index (κ1) is 14.2. The van der Waals surface area contributed by atoms with Crippen LogP contribution < -0.4 is 5.32 Å². The van der Waals surface area contributed by atoms with Crippen molar-refractivity contribution in [2.24, 2.45) is 0 Å². The number of nitrogens with one attached hydrogen (secondary N) is 1. The van der Waals surface area contributed by atoms with E-state index >= 15 is 0 Å². The number of rotatable bonds is 3. The van der Waals surface area contributed by atoms with Gasteiger partial charge >= 0.3 is 0 Å². The molecule has 19 heavy (non-hydrogen) atoms. The largest absolute Gasteiger partial charge is 0.503 e. The monoisotopic (exact) mass is 271 g/mol. The van der Waals surface area contributed by atoms with Gasteiger partial charge < -0.3 is 15.2 Å². The predicted molar refractivity (Wildman–Crippen MR) is 67.9 cm³/mol. The normalized spacial score (nSPS) is 22.4. The van der Waals surface area contributed by atoms with Crippen LogP contribution in [0.15, 0.2) is 12.1 Å². The van der Waals surface area contributed by atoms with Crippen LogP contribution in [-0.4, -0.2) is 23.4 Å². The van der Waals surface area contributed by atoms with E-state index in [9.17, 15) is 8.78 Å². The lowest BCUT2D eigenvalue weighted by Crippen LogP contribution is -2.43. The van der Waals surface area contributed by atoms with Crippen molar-refractivity contribution in [3.05, 3.63) is 29.3 Å². The summed E-state index contributed by atoms with van der Waals surface area (Å²) < 4.78 is 32.0. The number of halogens is 2. The van der Waals surface area contributed by atoms with Gasteiger partial charge in [-0.1, -0.05) is 0 Å². The highest BCUT2D eigenvalue weighted by atomic mass is 19.1. The van der Waals surface area contributed by atoms with Gasteiger partial charge in [0.15, 0.2) is 17.4 Å². The zero-order valence-corrected chi connectivity index (χ0v) is 11.2. The summed E-state index contributed by atoms with van der Waals surface area (Å²) in [6.45, 7) is 5.11. The van der Waals surface area contributed by atoms with Gasteiger partial charge in [0.05, 0.1) is 5.60 Å². The van der Waals surface area contributed by atoms with Gasteiger partial charge in [0.2, 0.25) is 0 Å². The Balaban J connectivity index is 1.95. The molecule has 0 amide bonds. The van der Waals surface area contributed by atoms with Crippen LogP contribution in [0, 0.1) is 11.6 Å². The van der Waals surface area contributed by atoms with Crippen LogP contribution in [0.2, 0.25) is 0 Å². The highest BCUT2D eigenvalue weighted by Gasteiger charge is 2.28. The fourth-order valence-electron chi connectivity index (χ4n) is 2.39. The summed E-state index contributed by atoms with van der Waals surface area (Å²) in [4.78, 5) is 0. The number of ether oxygens (including phenoxy) is 1. The first-order valence-electron chi connectivity index (χ1n) is 6.41. The molecule has 0 aliphatic carbocycles. The van der Waals surface area contributed by atoms with Crippen molar-refractivity contribution >= 4 is 0 Å². The number of phenols is 1. The smallest absolute Gasteiger partial charge is 0.187 e. The Labute approximate surface area is 111 Å². The molecule has 106 valence electrons. The van der Waals surface area contributed by atoms with E-state index in [1.54, 1.807) is 0 Å². The molecule has 1 aromatic carbocycles. The van der Waals surface area contributed by atoms with Crippen molar-refractivity contribution in [1.82, 2.24) is 5.32 Å². The molecule has 1 fully saturated rings. The van der Waals surface area contributed by atoms with E-state index in [-0.39, 0.29) is 11.6 Å². The zero-order valence-electron chi connectivity index (χ0n) is 11.2. The lowest BCUT2D eigenvalue weighted by molar-refractivity contribution is -0.0630. The Bertz CT molecular complexity index is 440. The Morgan fingerprint density at radius 2 is 2.00 bits per heavy atom.